The quantitative estimate of drug-likeness (QED) is 0.814. The zero-order valence-corrected chi connectivity index (χ0v) is 10.7. The normalized spacial score (nSPS) is 13.2. The van der Waals surface area contributed by atoms with E-state index in [9.17, 15) is 0 Å². The summed E-state index contributed by atoms with van der Waals surface area (Å²) in [7, 11) is 0. The Hall–Kier alpha value is 0.430. The van der Waals surface area contributed by atoms with Crippen LogP contribution in [0.2, 0.25) is 0 Å². The van der Waals surface area contributed by atoms with Crippen LogP contribution in [0.4, 0.5) is 0 Å². The minimum atomic E-state index is 0.492. The highest BCUT2D eigenvalue weighted by molar-refractivity contribution is 9.10. The first-order chi connectivity index (χ1) is 6.24. The second-order valence-electron chi connectivity index (χ2n) is 2.95. The second kappa shape index (κ2) is 6.02. The summed E-state index contributed by atoms with van der Waals surface area (Å²) in [5, 5.41) is 5.51. The van der Waals surface area contributed by atoms with E-state index in [4.69, 9.17) is 11.6 Å². The summed E-state index contributed by atoms with van der Waals surface area (Å²) < 4.78 is 1.20. The van der Waals surface area contributed by atoms with Gasteiger partial charge in [-0.3, -0.25) is 0 Å². The summed E-state index contributed by atoms with van der Waals surface area (Å²) in [5.74, 6) is 0.722. The van der Waals surface area contributed by atoms with E-state index in [1.807, 2.05) is 0 Å². The zero-order chi connectivity index (χ0) is 9.68. The van der Waals surface area contributed by atoms with Crippen molar-refractivity contribution in [1.29, 1.82) is 0 Å². The molecule has 0 aliphatic rings. The predicted molar refractivity (Wildman–Crippen MR) is 63.7 cm³/mol. The third-order valence-corrected chi connectivity index (χ3v) is 3.99. The van der Waals surface area contributed by atoms with E-state index in [2.05, 4.69) is 39.6 Å². The van der Waals surface area contributed by atoms with Crippen LogP contribution in [0, 0.1) is 0 Å². The highest BCUT2D eigenvalue weighted by Gasteiger charge is 2.03. The standard InChI is InChI=1S/C9H13BrClNS/c1-7(2-4-11)12-6-9-8(10)3-5-13-9/h3,5,7,12H,2,4,6H2,1H3. The van der Waals surface area contributed by atoms with Gasteiger partial charge in [0.15, 0.2) is 0 Å². The maximum atomic E-state index is 5.64. The third-order valence-electron chi connectivity index (χ3n) is 1.84. The number of halogens is 2. The number of hydrogen-bond acceptors (Lipinski definition) is 2. The molecule has 0 saturated carbocycles. The molecular weight excluding hydrogens is 270 g/mol. The fraction of sp³-hybridized carbons (Fsp3) is 0.556. The molecule has 1 rings (SSSR count). The van der Waals surface area contributed by atoms with E-state index in [0.29, 0.717) is 6.04 Å². The van der Waals surface area contributed by atoms with Crippen LogP contribution in [0.25, 0.3) is 0 Å². The van der Waals surface area contributed by atoms with Crippen molar-refractivity contribution in [1.82, 2.24) is 5.32 Å². The van der Waals surface area contributed by atoms with Gasteiger partial charge in [-0.25, -0.2) is 0 Å². The van der Waals surface area contributed by atoms with Gasteiger partial charge in [-0.1, -0.05) is 0 Å². The number of hydrogen-bond donors (Lipinski definition) is 1. The van der Waals surface area contributed by atoms with E-state index in [-0.39, 0.29) is 0 Å². The van der Waals surface area contributed by atoms with E-state index in [1.165, 1.54) is 9.35 Å². The van der Waals surface area contributed by atoms with Gasteiger partial charge in [-0.2, -0.15) is 0 Å². The predicted octanol–water partition coefficient (Wildman–Crippen LogP) is 3.62. The molecule has 1 unspecified atom stereocenters. The summed E-state index contributed by atoms with van der Waals surface area (Å²) in [6.07, 6.45) is 1.02. The van der Waals surface area contributed by atoms with Crippen molar-refractivity contribution >= 4 is 38.9 Å². The van der Waals surface area contributed by atoms with Crippen molar-refractivity contribution in [2.45, 2.75) is 25.9 Å². The summed E-state index contributed by atoms with van der Waals surface area (Å²) >= 11 is 10.9. The molecule has 0 saturated heterocycles. The van der Waals surface area contributed by atoms with Crippen molar-refractivity contribution in [3.63, 3.8) is 0 Å². The number of rotatable bonds is 5. The van der Waals surface area contributed by atoms with Crippen molar-refractivity contribution < 1.29 is 0 Å². The lowest BCUT2D eigenvalue weighted by Gasteiger charge is -2.10. The van der Waals surface area contributed by atoms with Gasteiger partial charge in [0, 0.05) is 27.8 Å². The molecule has 4 heteroatoms. The lowest BCUT2D eigenvalue weighted by molar-refractivity contribution is 0.539. The molecule has 74 valence electrons. The summed E-state index contributed by atoms with van der Waals surface area (Å²) in [5.41, 5.74) is 0. The van der Waals surface area contributed by atoms with Gasteiger partial charge in [-0.15, -0.1) is 22.9 Å². The molecule has 1 atom stereocenters. The van der Waals surface area contributed by atoms with E-state index in [0.717, 1.165) is 18.8 Å². The van der Waals surface area contributed by atoms with Gasteiger partial charge in [0.1, 0.15) is 0 Å². The summed E-state index contributed by atoms with van der Waals surface area (Å²) in [6.45, 7) is 3.08. The van der Waals surface area contributed by atoms with Gasteiger partial charge in [-0.05, 0) is 40.7 Å². The monoisotopic (exact) mass is 281 g/mol. The lowest BCUT2D eigenvalue weighted by atomic mass is 10.2. The van der Waals surface area contributed by atoms with Crippen LogP contribution in [0.1, 0.15) is 18.2 Å². The Labute approximate surface area is 96.6 Å². The molecule has 0 bridgehead atoms. The minimum absolute atomic E-state index is 0.492. The SMILES string of the molecule is CC(CCCl)NCc1sccc1Br. The van der Waals surface area contributed by atoms with E-state index < -0.39 is 0 Å². The Balaban J connectivity index is 2.30. The molecule has 0 fully saturated rings. The Morgan fingerprint density at radius 2 is 2.46 bits per heavy atom. The zero-order valence-electron chi connectivity index (χ0n) is 7.52. The van der Waals surface area contributed by atoms with Gasteiger partial charge in [0.2, 0.25) is 0 Å². The molecule has 1 nitrogen and oxygen atoms in total. The maximum absolute atomic E-state index is 5.64. The largest absolute Gasteiger partial charge is 0.309 e. The van der Waals surface area contributed by atoms with Crippen LogP contribution in [0.15, 0.2) is 15.9 Å². The highest BCUT2D eigenvalue weighted by Crippen LogP contribution is 2.22. The Kier molecular flexibility index (Phi) is 5.32. The average molecular weight is 283 g/mol. The van der Waals surface area contributed by atoms with Crippen molar-refractivity contribution in [2.75, 3.05) is 5.88 Å². The molecule has 0 spiro atoms. The highest BCUT2D eigenvalue weighted by atomic mass is 79.9. The van der Waals surface area contributed by atoms with Crippen LogP contribution in [0.3, 0.4) is 0 Å². The second-order valence-corrected chi connectivity index (χ2v) is 5.18. The number of nitrogens with one attached hydrogen (secondary N) is 1. The minimum Gasteiger partial charge on any atom is -0.309 e. The number of thiophene rings is 1. The fourth-order valence-electron chi connectivity index (χ4n) is 0.984. The molecule has 0 aromatic carbocycles. The van der Waals surface area contributed by atoms with E-state index in [1.54, 1.807) is 11.3 Å². The van der Waals surface area contributed by atoms with Crippen molar-refractivity contribution in [3.05, 3.63) is 20.8 Å². The van der Waals surface area contributed by atoms with Crippen LogP contribution in [0.5, 0.6) is 0 Å². The average Bonchev–Trinajstić information content (AvgIpc) is 2.48. The summed E-state index contributed by atoms with van der Waals surface area (Å²) in [6, 6.07) is 2.57. The molecule has 1 aromatic heterocycles. The topological polar surface area (TPSA) is 12.0 Å². The molecule has 0 aliphatic heterocycles. The first-order valence-corrected chi connectivity index (χ1v) is 6.46. The fourth-order valence-corrected chi connectivity index (χ4v) is 2.75. The molecular formula is C9H13BrClNS. The Morgan fingerprint density at radius 1 is 1.69 bits per heavy atom. The van der Waals surface area contributed by atoms with Gasteiger partial charge in [0.05, 0.1) is 0 Å². The Bertz CT molecular complexity index is 252. The van der Waals surface area contributed by atoms with Crippen molar-refractivity contribution in [3.8, 4) is 0 Å². The molecule has 0 radical (unpaired) electrons. The number of alkyl halides is 1. The third kappa shape index (κ3) is 3.98. The van der Waals surface area contributed by atoms with Crippen LogP contribution < -0.4 is 5.32 Å². The molecule has 0 aliphatic carbocycles. The van der Waals surface area contributed by atoms with Crippen LogP contribution in [-0.2, 0) is 6.54 Å². The maximum Gasteiger partial charge on any atom is 0.0327 e. The van der Waals surface area contributed by atoms with Crippen LogP contribution >= 0.6 is 38.9 Å². The van der Waals surface area contributed by atoms with Crippen molar-refractivity contribution in [2.24, 2.45) is 0 Å². The summed E-state index contributed by atoms with van der Waals surface area (Å²) in [4.78, 5) is 1.35. The van der Waals surface area contributed by atoms with Crippen LogP contribution in [-0.4, -0.2) is 11.9 Å². The molecule has 1 heterocycles. The molecule has 13 heavy (non-hydrogen) atoms. The Morgan fingerprint density at radius 3 is 3.00 bits per heavy atom. The van der Waals surface area contributed by atoms with Gasteiger partial charge < -0.3 is 5.32 Å². The van der Waals surface area contributed by atoms with E-state index >= 15 is 0 Å². The van der Waals surface area contributed by atoms with Gasteiger partial charge >= 0.3 is 0 Å². The smallest absolute Gasteiger partial charge is 0.0327 e. The first kappa shape index (κ1) is 11.5. The lowest BCUT2D eigenvalue weighted by Crippen LogP contribution is -2.25. The van der Waals surface area contributed by atoms with Gasteiger partial charge in [0.25, 0.3) is 0 Å². The molecule has 0 amide bonds. The first-order valence-electron chi connectivity index (χ1n) is 4.25. The molecule has 1 N–H and O–H groups in total. The molecule has 1 aromatic rings.